The van der Waals surface area contributed by atoms with Gasteiger partial charge in [0.15, 0.2) is 5.78 Å². The van der Waals surface area contributed by atoms with E-state index in [1.165, 1.54) is 12.0 Å². The number of nitrogens with zero attached hydrogens (tertiary/aromatic N) is 2. The van der Waals surface area contributed by atoms with Gasteiger partial charge in [-0.2, -0.15) is 0 Å². The average molecular weight is 451 g/mol. The maximum Gasteiger partial charge on any atom is 0.414 e. The highest BCUT2D eigenvalue weighted by Crippen LogP contribution is 2.26. The number of aromatic nitrogens is 1. The van der Waals surface area contributed by atoms with Crippen molar-refractivity contribution >= 4 is 34.4 Å². The van der Waals surface area contributed by atoms with E-state index in [9.17, 15) is 14.4 Å². The number of hydrogen-bond acceptors (Lipinski definition) is 5. The molecule has 3 aromatic rings. The summed E-state index contributed by atoms with van der Waals surface area (Å²) in [6, 6.07) is 14.6. The monoisotopic (exact) mass is 450 g/mol. The molecule has 1 amide bonds. The van der Waals surface area contributed by atoms with E-state index in [1.54, 1.807) is 52.1 Å². The lowest BCUT2D eigenvalue weighted by molar-refractivity contribution is -0.140. The summed E-state index contributed by atoms with van der Waals surface area (Å²) in [5, 5.41) is 0.839. The number of fused-ring (bicyclic) bond motifs is 1. The summed E-state index contributed by atoms with van der Waals surface area (Å²) in [5.74, 6) is -0.397. The lowest BCUT2D eigenvalue weighted by atomic mass is 10.0. The zero-order valence-electron chi connectivity index (χ0n) is 19.8. The van der Waals surface area contributed by atoms with Gasteiger partial charge < -0.3 is 14.0 Å². The summed E-state index contributed by atoms with van der Waals surface area (Å²) < 4.78 is 12.1. The molecule has 3 rings (SSSR count). The van der Waals surface area contributed by atoms with Gasteiger partial charge in [0.05, 0.1) is 7.11 Å². The summed E-state index contributed by atoms with van der Waals surface area (Å²) in [6.07, 6.45) is 2.25. The fourth-order valence-corrected chi connectivity index (χ4v) is 3.56. The molecule has 0 aliphatic heterocycles. The van der Waals surface area contributed by atoms with Gasteiger partial charge in [0.1, 0.15) is 5.60 Å². The number of anilines is 1. The Morgan fingerprint density at radius 1 is 1.03 bits per heavy atom. The summed E-state index contributed by atoms with van der Waals surface area (Å²) >= 11 is 0. The first-order valence-electron chi connectivity index (χ1n) is 10.9. The number of hydrogen-bond donors (Lipinski definition) is 0. The Bertz CT molecular complexity index is 1170. The van der Waals surface area contributed by atoms with Crippen LogP contribution in [0.25, 0.3) is 10.9 Å². The molecule has 0 atom stereocenters. The molecular formula is C26H30N2O5. The molecular weight excluding hydrogens is 420 g/mol. The fraction of sp³-hybridized carbons (Fsp3) is 0.346. The second-order valence-electron chi connectivity index (χ2n) is 8.85. The van der Waals surface area contributed by atoms with Crippen molar-refractivity contribution in [1.29, 1.82) is 0 Å². The average Bonchev–Trinajstić information content (AvgIpc) is 3.15. The lowest BCUT2D eigenvalue weighted by Crippen LogP contribution is -2.34. The van der Waals surface area contributed by atoms with Crippen molar-refractivity contribution in [3.8, 4) is 0 Å². The van der Waals surface area contributed by atoms with E-state index in [1.807, 2.05) is 35.0 Å². The smallest absolute Gasteiger partial charge is 0.414 e. The molecule has 7 nitrogen and oxygen atoms in total. The number of para-hydroxylation sites is 1. The predicted octanol–water partition coefficient (Wildman–Crippen LogP) is 5.20. The summed E-state index contributed by atoms with van der Waals surface area (Å²) in [4.78, 5) is 38.7. The van der Waals surface area contributed by atoms with Crippen molar-refractivity contribution in [3.63, 3.8) is 0 Å². The number of carbonyl (C=O) groups is 3. The standard InChI is InChI=1S/C26H30N2O5/c1-26(2,3)33-25(31)27(4)19-11-8-10-18(16-19)24(30)21-17-28(15-9-14-23(29)32-5)22-13-7-6-12-20(21)22/h6-8,10-13,16-17H,9,14-15H2,1-5H3. The number of amides is 1. The van der Waals surface area contributed by atoms with E-state index in [-0.39, 0.29) is 11.8 Å². The van der Waals surface area contributed by atoms with Crippen LogP contribution < -0.4 is 4.90 Å². The van der Waals surface area contributed by atoms with Gasteiger partial charge in [0.2, 0.25) is 0 Å². The fourth-order valence-electron chi connectivity index (χ4n) is 3.56. The quantitative estimate of drug-likeness (QED) is 0.365. The van der Waals surface area contributed by atoms with Crippen LogP contribution in [0.1, 0.15) is 49.5 Å². The second-order valence-corrected chi connectivity index (χ2v) is 8.85. The Balaban J connectivity index is 1.88. The van der Waals surface area contributed by atoms with E-state index in [0.29, 0.717) is 36.2 Å². The minimum atomic E-state index is -0.617. The van der Waals surface area contributed by atoms with Crippen LogP contribution in [0.2, 0.25) is 0 Å². The Morgan fingerprint density at radius 3 is 2.45 bits per heavy atom. The second kappa shape index (κ2) is 9.90. The molecule has 33 heavy (non-hydrogen) atoms. The summed E-state index contributed by atoms with van der Waals surface area (Å²) in [6.45, 7) is 6.00. The van der Waals surface area contributed by atoms with Crippen LogP contribution in [0, 0.1) is 0 Å². The number of esters is 1. The largest absolute Gasteiger partial charge is 0.469 e. The van der Waals surface area contributed by atoms with Crippen LogP contribution in [0.3, 0.4) is 0 Å². The number of methoxy groups -OCH3 is 1. The van der Waals surface area contributed by atoms with Crippen LogP contribution in [-0.2, 0) is 20.8 Å². The number of ketones is 1. The van der Waals surface area contributed by atoms with Crippen molar-refractivity contribution < 1.29 is 23.9 Å². The molecule has 174 valence electrons. The highest BCUT2D eigenvalue weighted by Gasteiger charge is 2.22. The van der Waals surface area contributed by atoms with Gasteiger partial charge in [-0.15, -0.1) is 0 Å². The Labute approximate surface area is 193 Å². The van der Waals surface area contributed by atoms with E-state index in [2.05, 4.69) is 0 Å². The molecule has 0 fully saturated rings. The highest BCUT2D eigenvalue weighted by atomic mass is 16.6. The predicted molar refractivity (Wildman–Crippen MR) is 128 cm³/mol. The third-order valence-electron chi connectivity index (χ3n) is 5.20. The van der Waals surface area contributed by atoms with E-state index in [0.717, 1.165) is 10.9 Å². The zero-order chi connectivity index (χ0) is 24.2. The summed E-state index contributed by atoms with van der Waals surface area (Å²) in [7, 11) is 2.99. The number of rotatable bonds is 7. The molecule has 0 spiro atoms. The minimum absolute atomic E-state index is 0.141. The minimum Gasteiger partial charge on any atom is -0.469 e. The number of carbonyl (C=O) groups excluding carboxylic acids is 3. The van der Waals surface area contributed by atoms with Crippen LogP contribution >= 0.6 is 0 Å². The maximum atomic E-state index is 13.5. The van der Waals surface area contributed by atoms with E-state index < -0.39 is 11.7 Å². The molecule has 0 N–H and O–H groups in total. The SMILES string of the molecule is COC(=O)CCCn1cc(C(=O)c2cccc(N(C)C(=O)OC(C)(C)C)c2)c2ccccc21. The molecule has 7 heteroatoms. The van der Waals surface area contributed by atoms with Crippen molar-refractivity contribution in [2.75, 3.05) is 19.1 Å². The maximum absolute atomic E-state index is 13.5. The van der Waals surface area contributed by atoms with Gasteiger partial charge in [-0.25, -0.2) is 4.79 Å². The van der Waals surface area contributed by atoms with Crippen molar-refractivity contribution in [2.45, 2.75) is 45.8 Å². The first-order chi connectivity index (χ1) is 15.6. The number of ether oxygens (including phenoxy) is 2. The van der Waals surface area contributed by atoms with Gasteiger partial charge in [-0.05, 0) is 45.4 Å². The zero-order valence-corrected chi connectivity index (χ0v) is 19.8. The molecule has 0 unspecified atom stereocenters. The molecule has 0 aliphatic rings. The summed E-state index contributed by atoms with van der Waals surface area (Å²) in [5.41, 5.74) is 1.92. The van der Waals surface area contributed by atoms with Crippen molar-refractivity contribution in [2.24, 2.45) is 0 Å². The molecule has 0 aliphatic carbocycles. The topological polar surface area (TPSA) is 77.8 Å². The van der Waals surface area contributed by atoms with Gasteiger partial charge in [0.25, 0.3) is 0 Å². The third-order valence-corrected chi connectivity index (χ3v) is 5.20. The first kappa shape index (κ1) is 24.0. The Morgan fingerprint density at radius 2 is 1.76 bits per heavy atom. The van der Waals surface area contributed by atoms with Gasteiger partial charge in [-0.1, -0.05) is 30.3 Å². The molecule has 1 aromatic heterocycles. The van der Waals surface area contributed by atoms with E-state index >= 15 is 0 Å². The molecule has 0 radical (unpaired) electrons. The number of benzene rings is 2. The van der Waals surface area contributed by atoms with Crippen LogP contribution in [0.5, 0.6) is 0 Å². The van der Waals surface area contributed by atoms with Crippen LogP contribution in [-0.4, -0.2) is 42.2 Å². The van der Waals surface area contributed by atoms with Gasteiger partial charge in [-0.3, -0.25) is 14.5 Å². The van der Waals surface area contributed by atoms with E-state index in [4.69, 9.17) is 9.47 Å². The number of aryl methyl sites for hydroxylation is 1. The van der Waals surface area contributed by atoms with Crippen molar-refractivity contribution in [1.82, 2.24) is 4.57 Å². The highest BCUT2D eigenvalue weighted by molar-refractivity contribution is 6.16. The third kappa shape index (κ3) is 5.80. The molecule has 0 saturated carbocycles. The van der Waals surface area contributed by atoms with Crippen molar-refractivity contribution in [3.05, 3.63) is 65.9 Å². The molecule has 1 heterocycles. The lowest BCUT2D eigenvalue weighted by Gasteiger charge is -2.24. The Hall–Kier alpha value is -3.61. The molecule has 0 saturated heterocycles. The first-order valence-corrected chi connectivity index (χ1v) is 10.9. The molecule has 0 bridgehead atoms. The van der Waals surface area contributed by atoms with Gasteiger partial charge in [0, 0.05) is 53.9 Å². The Kier molecular flexibility index (Phi) is 7.21. The van der Waals surface area contributed by atoms with Crippen LogP contribution in [0.4, 0.5) is 10.5 Å². The molecule has 2 aromatic carbocycles. The van der Waals surface area contributed by atoms with Crippen LogP contribution in [0.15, 0.2) is 54.7 Å². The normalized spacial score (nSPS) is 11.3. The van der Waals surface area contributed by atoms with Gasteiger partial charge >= 0.3 is 12.1 Å².